The van der Waals surface area contributed by atoms with E-state index in [1.165, 1.54) is 36.5 Å². The van der Waals surface area contributed by atoms with Crippen LogP contribution in [0, 0.1) is 29.6 Å². The van der Waals surface area contributed by atoms with E-state index in [1.807, 2.05) is 12.1 Å². The van der Waals surface area contributed by atoms with Gasteiger partial charge in [0.2, 0.25) is 0 Å². The summed E-state index contributed by atoms with van der Waals surface area (Å²) in [6.07, 6.45) is 18.8. The molecular weight excluding hydrogens is 773 g/mol. The molecule has 0 N–H and O–H groups in total. The van der Waals surface area contributed by atoms with Gasteiger partial charge in [-0.05, 0) is 237 Å². The number of ether oxygens (including phenoxy) is 2. The van der Waals surface area contributed by atoms with Gasteiger partial charge in [-0.25, -0.2) is 9.59 Å². The van der Waals surface area contributed by atoms with Crippen LogP contribution in [0.4, 0.5) is 0 Å². The van der Waals surface area contributed by atoms with Crippen LogP contribution in [0.1, 0.15) is 147 Å². The Hall–Kier alpha value is -6.00. The molecule has 0 saturated heterocycles. The molecule has 0 radical (unpaired) electrons. The summed E-state index contributed by atoms with van der Waals surface area (Å²) in [5.74, 6) is 2.89. The third-order valence-corrected chi connectivity index (χ3v) is 21.2. The third kappa shape index (κ3) is 2.66. The Bertz CT molecular complexity index is 3600. The molecule has 14 aliphatic carbocycles. The number of hydrogen-bond donors (Lipinski definition) is 0. The SMILES string of the molecule is COC(=O)c1ccc2c(c1)CC1C3C=C4CC5=CC6C7c8c9c%10c%11c%12c%13c%14c%15c(c%16c%13c%13c(c4c5c7c%13c8%12)C%163)C1(CC%15=CC(C=C%10CC91Cc3ccc(C(=O)OC)cc3CC61)C%14%11)C2. The Kier molecular flexibility index (Phi) is 4.31. The zero-order valence-electron chi connectivity index (χ0n) is 35.0. The monoisotopic (exact) mass is 810 g/mol. The van der Waals surface area contributed by atoms with Gasteiger partial charge in [0, 0.05) is 34.5 Å². The Labute approximate surface area is 362 Å². The van der Waals surface area contributed by atoms with E-state index in [9.17, 15) is 9.59 Å². The predicted molar refractivity (Wildman–Crippen MR) is 241 cm³/mol. The summed E-state index contributed by atoms with van der Waals surface area (Å²) in [5, 5.41) is 10.2. The fraction of sp³-hybridized carbons (Fsp3) is 0.322. The van der Waals surface area contributed by atoms with Crippen LogP contribution in [0.3, 0.4) is 0 Å². The summed E-state index contributed by atoms with van der Waals surface area (Å²) in [7, 11) is 3.02. The van der Waals surface area contributed by atoms with Crippen molar-refractivity contribution < 1.29 is 19.1 Å². The van der Waals surface area contributed by atoms with Crippen molar-refractivity contribution in [1.29, 1.82) is 0 Å². The van der Waals surface area contributed by atoms with Crippen LogP contribution in [0.15, 0.2) is 60.7 Å². The summed E-state index contributed by atoms with van der Waals surface area (Å²) in [5.41, 5.74) is 34.2. The minimum atomic E-state index is -0.231. The molecule has 4 nitrogen and oxygen atoms in total. The van der Waals surface area contributed by atoms with Gasteiger partial charge < -0.3 is 9.47 Å². The van der Waals surface area contributed by atoms with Crippen LogP contribution in [-0.2, 0) is 46.0 Å². The molecular formula is C59H38O4. The first-order valence-corrected chi connectivity index (χ1v) is 23.9. The van der Waals surface area contributed by atoms with Crippen LogP contribution in [0.2, 0.25) is 0 Å². The maximum absolute atomic E-state index is 13.0. The van der Waals surface area contributed by atoms with E-state index in [-0.39, 0.29) is 22.8 Å². The van der Waals surface area contributed by atoms with Crippen LogP contribution in [0.25, 0.3) is 54.6 Å². The second-order valence-corrected chi connectivity index (χ2v) is 22.7. The van der Waals surface area contributed by atoms with Crippen molar-refractivity contribution in [2.75, 3.05) is 14.2 Å². The highest BCUT2D eigenvalue weighted by Gasteiger charge is 2.68. The van der Waals surface area contributed by atoms with Gasteiger partial charge in [-0.3, -0.25) is 0 Å². The quantitative estimate of drug-likeness (QED) is 0.129. The van der Waals surface area contributed by atoms with E-state index in [0.717, 1.165) is 44.9 Å². The lowest BCUT2D eigenvalue weighted by Crippen LogP contribution is -2.49. The van der Waals surface area contributed by atoms with Crippen molar-refractivity contribution in [3.05, 3.63) is 161 Å². The second-order valence-electron chi connectivity index (χ2n) is 22.7. The van der Waals surface area contributed by atoms with Gasteiger partial charge in [-0.15, -0.1) is 0 Å². The van der Waals surface area contributed by atoms with Crippen molar-refractivity contribution >= 4 is 66.5 Å². The molecule has 0 aliphatic heterocycles. The number of carbonyl (C=O) groups is 2. The first-order chi connectivity index (χ1) is 30.9. The number of carbonyl (C=O) groups excluding carboxylic acids is 2. The zero-order valence-corrected chi connectivity index (χ0v) is 35.0. The Balaban J connectivity index is 0.962. The largest absolute Gasteiger partial charge is 0.465 e. The van der Waals surface area contributed by atoms with Gasteiger partial charge in [-0.1, -0.05) is 36.4 Å². The molecule has 4 heteroatoms. The number of hydrogen-bond acceptors (Lipinski definition) is 4. The molecule has 8 unspecified atom stereocenters. The zero-order chi connectivity index (χ0) is 40.4. The van der Waals surface area contributed by atoms with Gasteiger partial charge in [0.25, 0.3) is 0 Å². The number of allylic oxidation sites excluding steroid dienone is 8. The molecule has 0 bridgehead atoms. The molecule has 0 heterocycles. The number of benzene rings is 6. The van der Waals surface area contributed by atoms with Crippen molar-refractivity contribution in [2.24, 2.45) is 29.6 Å². The van der Waals surface area contributed by atoms with Gasteiger partial charge in [-0.2, -0.15) is 0 Å². The standard InChI is InChI=1S/C59H38O4/c1-62-56(60)20-3-5-22-16-58-18-29-10-26-11-30-19-59-17-23-6-4-21(57(61)63-2)8-25(23)15-34(59)32-13-28-9-27-12-31(33(58)14-24(22)7-20)40-44-35(27)36(28)45-41(32)53-51-47-43(39(30)55(53)59)37(26)42-38(29)54(58)52(40)50(46(42)47)48(44)49(45)51/h3-8,10-13,26,31-34,37,40-41H,9,14-19H2,1-2H3. The predicted octanol–water partition coefficient (Wildman–Crippen LogP) is 11.0. The number of methoxy groups -OCH3 is 2. The van der Waals surface area contributed by atoms with Crippen molar-refractivity contribution in [1.82, 2.24) is 0 Å². The molecule has 0 saturated carbocycles. The molecule has 2 spiro atoms. The van der Waals surface area contributed by atoms with Crippen molar-refractivity contribution in [3.63, 3.8) is 0 Å². The van der Waals surface area contributed by atoms with Gasteiger partial charge >= 0.3 is 11.9 Å². The highest BCUT2D eigenvalue weighted by Crippen LogP contribution is 2.81. The highest BCUT2D eigenvalue weighted by atomic mass is 16.5. The lowest BCUT2D eigenvalue weighted by atomic mass is 9.49. The van der Waals surface area contributed by atoms with E-state index in [1.54, 1.807) is 121 Å². The summed E-state index contributed by atoms with van der Waals surface area (Å²) in [4.78, 5) is 26.0. The molecule has 0 amide bonds. The van der Waals surface area contributed by atoms with Crippen molar-refractivity contribution in [3.8, 4) is 0 Å². The molecule has 0 aromatic heterocycles. The fourth-order valence-corrected chi connectivity index (χ4v) is 20.0. The Morgan fingerprint density at radius 3 is 1.40 bits per heavy atom. The molecule has 63 heavy (non-hydrogen) atoms. The van der Waals surface area contributed by atoms with Gasteiger partial charge in [0.15, 0.2) is 0 Å². The third-order valence-electron chi connectivity index (χ3n) is 21.2. The highest BCUT2D eigenvalue weighted by molar-refractivity contribution is 6.38. The summed E-state index contributed by atoms with van der Waals surface area (Å²) in [6, 6.07) is 13.0. The van der Waals surface area contributed by atoms with Crippen molar-refractivity contribution in [2.45, 2.75) is 73.5 Å². The topological polar surface area (TPSA) is 52.6 Å². The van der Waals surface area contributed by atoms with E-state index in [4.69, 9.17) is 9.47 Å². The number of esters is 2. The minimum absolute atomic E-state index is 0.0464. The number of rotatable bonds is 2. The first-order valence-electron chi connectivity index (χ1n) is 23.9. The molecule has 298 valence electrons. The molecule has 6 aromatic carbocycles. The lowest BCUT2D eigenvalue weighted by molar-refractivity contribution is 0.0591. The molecule has 8 atom stereocenters. The molecule has 0 fully saturated rings. The average molecular weight is 811 g/mol. The smallest absolute Gasteiger partial charge is 0.337 e. The van der Waals surface area contributed by atoms with E-state index < -0.39 is 0 Å². The van der Waals surface area contributed by atoms with Crippen LogP contribution in [0.5, 0.6) is 0 Å². The normalized spacial score (nSPS) is 34.4. The van der Waals surface area contributed by atoms with E-state index in [2.05, 4.69) is 48.6 Å². The lowest BCUT2D eigenvalue weighted by Gasteiger charge is -2.54. The van der Waals surface area contributed by atoms with Crippen LogP contribution >= 0.6 is 0 Å². The molecule has 14 aliphatic rings. The second kappa shape index (κ2) is 8.77. The molecule has 6 aromatic rings. The summed E-state index contributed by atoms with van der Waals surface area (Å²) < 4.78 is 10.6. The maximum Gasteiger partial charge on any atom is 0.337 e. The Morgan fingerprint density at radius 2 is 0.937 bits per heavy atom. The fourth-order valence-electron chi connectivity index (χ4n) is 20.0. The first kappa shape index (κ1) is 30.9. The van der Waals surface area contributed by atoms with E-state index in [0.29, 0.717) is 58.5 Å². The summed E-state index contributed by atoms with van der Waals surface area (Å²) in [6.45, 7) is 0. The van der Waals surface area contributed by atoms with Crippen LogP contribution in [-0.4, -0.2) is 26.2 Å². The van der Waals surface area contributed by atoms with Gasteiger partial charge in [0.1, 0.15) is 0 Å². The molecule has 20 rings (SSSR count). The average Bonchev–Trinajstić information content (AvgIpc) is 4.13. The van der Waals surface area contributed by atoms with Crippen LogP contribution < -0.4 is 0 Å². The minimum Gasteiger partial charge on any atom is -0.465 e. The van der Waals surface area contributed by atoms with Gasteiger partial charge in [0.05, 0.1) is 25.3 Å². The Morgan fingerprint density at radius 1 is 0.492 bits per heavy atom. The van der Waals surface area contributed by atoms with E-state index >= 15 is 0 Å². The number of fused-ring (bicyclic) bond motifs is 4. The summed E-state index contributed by atoms with van der Waals surface area (Å²) >= 11 is 0. The maximum atomic E-state index is 13.0.